The Kier molecular flexibility index (Phi) is 3.35. The molecule has 0 aliphatic carbocycles. The molecule has 19 heavy (non-hydrogen) atoms. The Morgan fingerprint density at radius 1 is 1.32 bits per heavy atom. The molecule has 2 rings (SSSR count). The van der Waals surface area contributed by atoms with Crippen LogP contribution in [-0.2, 0) is 10.0 Å². The van der Waals surface area contributed by atoms with Crippen LogP contribution in [0.3, 0.4) is 0 Å². The number of benzene rings is 1. The maximum absolute atomic E-state index is 11.8. The van der Waals surface area contributed by atoms with Crippen molar-refractivity contribution >= 4 is 21.6 Å². The second-order valence-electron chi connectivity index (χ2n) is 4.08. The van der Waals surface area contributed by atoms with E-state index < -0.39 is 10.0 Å². The summed E-state index contributed by atoms with van der Waals surface area (Å²) in [4.78, 5) is 3.78. The minimum atomic E-state index is -3.67. The van der Waals surface area contributed by atoms with E-state index in [0.717, 1.165) is 15.8 Å². The topological polar surface area (TPSA) is 75.8 Å². The number of imidazole rings is 1. The summed E-state index contributed by atoms with van der Waals surface area (Å²) in [7, 11) is -3.67. The molecule has 0 spiro atoms. The van der Waals surface area contributed by atoms with Gasteiger partial charge in [-0.25, -0.2) is 17.4 Å². The first-order valence-electron chi connectivity index (χ1n) is 5.30. The zero-order valence-electron chi connectivity index (χ0n) is 10.3. The van der Waals surface area contributed by atoms with Crippen LogP contribution in [0.1, 0.15) is 11.4 Å². The third-order valence-corrected chi connectivity index (χ3v) is 3.83. The van der Waals surface area contributed by atoms with Crippen molar-refractivity contribution in [1.82, 2.24) is 8.96 Å². The van der Waals surface area contributed by atoms with Crippen molar-refractivity contribution in [3.63, 3.8) is 0 Å². The highest BCUT2D eigenvalue weighted by molar-refractivity contribution is 7.89. The van der Waals surface area contributed by atoms with Gasteiger partial charge in [0, 0.05) is 5.56 Å². The van der Waals surface area contributed by atoms with Crippen LogP contribution in [0.4, 0.5) is 0 Å². The van der Waals surface area contributed by atoms with Crippen LogP contribution >= 0.6 is 11.6 Å². The molecule has 0 amide bonds. The van der Waals surface area contributed by atoms with Gasteiger partial charge >= 0.3 is 0 Å². The Balaban J connectivity index is 2.81. The summed E-state index contributed by atoms with van der Waals surface area (Å²) < 4.78 is 24.5. The number of halogens is 1. The molecule has 7 heteroatoms. The summed E-state index contributed by atoms with van der Waals surface area (Å²) in [6.45, 7) is 1.92. The highest BCUT2D eigenvalue weighted by Gasteiger charge is 2.23. The standard InChI is InChI=1S/C12H10ClN3O2S/c1-8-3-5-9(6-4-8)11-12(13)15-10(7-14)16(11)19(2,17)18/h3-6H,1-2H3. The lowest BCUT2D eigenvalue weighted by Gasteiger charge is -2.07. The van der Waals surface area contributed by atoms with Gasteiger partial charge in [0.05, 0.1) is 6.26 Å². The zero-order chi connectivity index (χ0) is 14.2. The maximum atomic E-state index is 11.8. The van der Waals surface area contributed by atoms with Gasteiger partial charge in [0.2, 0.25) is 15.8 Å². The van der Waals surface area contributed by atoms with Gasteiger partial charge in [-0.2, -0.15) is 5.26 Å². The fraction of sp³-hybridized carbons (Fsp3) is 0.167. The van der Waals surface area contributed by atoms with E-state index in [1.54, 1.807) is 18.2 Å². The van der Waals surface area contributed by atoms with Crippen LogP contribution in [0.2, 0.25) is 5.15 Å². The Hall–Kier alpha value is -1.84. The van der Waals surface area contributed by atoms with E-state index >= 15 is 0 Å². The first-order chi connectivity index (χ1) is 8.84. The highest BCUT2D eigenvalue weighted by atomic mass is 35.5. The quantitative estimate of drug-likeness (QED) is 0.851. The predicted molar refractivity (Wildman–Crippen MR) is 72.4 cm³/mol. The van der Waals surface area contributed by atoms with Crippen LogP contribution in [0.25, 0.3) is 11.3 Å². The fourth-order valence-electron chi connectivity index (χ4n) is 1.72. The maximum Gasteiger partial charge on any atom is 0.238 e. The molecule has 98 valence electrons. The van der Waals surface area contributed by atoms with Gasteiger partial charge in [0.1, 0.15) is 11.8 Å². The molecule has 5 nitrogen and oxygen atoms in total. The lowest BCUT2D eigenvalue weighted by molar-refractivity contribution is 0.593. The van der Waals surface area contributed by atoms with Crippen molar-refractivity contribution in [1.29, 1.82) is 5.26 Å². The number of aromatic nitrogens is 2. The van der Waals surface area contributed by atoms with Crippen molar-refractivity contribution in [2.75, 3.05) is 6.26 Å². The van der Waals surface area contributed by atoms with E-state index in [4.69, 9.17) is 16.9 Å². The number of nitrogens with zero attached hydrogens (tertiary/aromatic N) is 3. The molecule has 0 saturated carbocycles. The molecule has 2 aromatic rings. The molecular weight excluding hydrogens is 286 g/mol. The molecule has 1 aromatic heterocycles. The van der Waals surface area contributed by atoms with Gasteiger partial charge in [-0.3, -0.25) is 0 Å². The number of hydrogen-bond acceptors (Lipinski definition) is 4. The third kappa shape index (κ3) is 2.48. The Bertz CT molecular complexity index is 771. The predicted octanol–water partition coefficient (Wildman–Crippen LogP) is 2.19. The molecule has 1 aromatic carbocycles. The van der Waals surface area contributed by atoms with Gasteiger partial charge in [-0.15, -0.1) is 0 Å². The second kappa shape index (κ2) is 4.68. The highest BCUT2D eigenvalue weighted by Crippen LogP contribution is 2.30. The Morgan fingerprint density at radius 2 is 1.89 bits per heavy atom. The summed E-state index contributed by atoms with van der Waals surface area (Å²) >= 11 is 5.96. The number of rotatable bonds is 2. The van der Waals surface area contributed by atoms with Crippen molar-refractivity contribution in [3.8, 4) is 17.3 Å². The van der Waals surface area contributed by atoms with Crippen LogP contribution in [0.15, 0.2) is 24.3 Å². The number of hydrogen-bond donors (Lipinski definition) is 0. The van der Waals surface area contributed by atoms with Crippen LogP contribution in [0.5, 0.6) is 0 Å². The second-order valence-corrected chi connectivity index (χ2v) is 6.27. The molecule has 0 radical (unpaired) electrons. The molecular formula is C12H10ClN3O2S. The summed E-state index contributed by atoms with van der Waals surface area (Å²) in [5, 5.41) is 8.95. The van der Waals surface area contributed by atoms with Crippen molar-refractivity contribution < 1.29 is 8.42 Å². The SMILES string of the molecule is Cc1ccc(-c2c(Cl)nc(C#N)n2S(C)(=O)=O)cc1. The smallest absolute Gasteiger partial charge is 0.208 e. The van der Waals surface area contributed by atoms with Crippen molar-refractivity contribution in [2.45, 2.75) is 6.92 Å². The van der Waals surface area contributed by atoms with Gasteiger partial charge in [0.25, 0.3) is 0 Å². The van der Waals surface area contributed by atoms with Crippen LogP contribution in [0, 0.1) is 18.3 Å². The average molecular weight is 296 g/mol. The van der Waals surface area contributed by atoms with E-state index in [9.17, 15) is 8.42 Å². The first-order valence-corrected chi connectivity index (χ1v) is 7.53. The van der Waals surface area contributed by atoms with Gasteiger partial charge in [-0.05, 0) is 6.92 Å². The van der Waals surface area contributed by atoms with Gasteiger partial charge in [0.15, 0.2) is 5.15 Å². The normalized spacial score (nSPS) is 11.3. The fourth-order valence-corrected chi connectivity index (χ4v) is 2.97. The molecule has 0 aliphatic heterocycles. The molecule has 0 atom stereocenters. The van der Waals surface area contributed by atoms with E-state index in [1.807, 2.05) is 19.1 Å². The summed E-state index contributed by atoms with van der Waals surface area (Å²) in [6, 6.07) is 8.87. The monoisotopic (exact) mass is 295 g/mol. The molecule has 0 unspecified atom stereocenters. The Labute approximate surface area is 116 Å². The lowest BCUT2D eigenvalue weighted by Crippen LogP contribution is -2.13. The van der Waals surface area contributed by atoms with E-state index in [0.29, 0.717) is 5.56 Å². The lowest BCUT2D eigenvalue weighted by atomic mass is 10.1. The average Bonchev–Trinajstić information content (AvgIpc) is 2.67. The first kappa shape index (κ1) is 13.6. The molecule has 0 fully saturated rings. The zero-order valence-corrected chi connectivity index (χ0v) is 11.8. The molecule has 1 heterocycles. The van der Waals surface area contributed by atoms with Crippen LogP contribution in [-0.4, -0.2) is 23.6 Å². The molecule has 0 saturated heterocycles. The van der Waals surface area contributed by atoms with E-state index in [2.05, 4.69) is 4.98 Å². The minimum Gasteiger partial charge on any atom is -0.208 e. The molecule has 0 aliphatic rings. The van der Waals surface area contributed by atoms with Crippen LogP contribution < -0.4 is 0 Å². The number of nitriles is 1. The van der Waals surface area contributed by atoms with Gasteiger partial charge in [-0.1, -0.05) is 41.4 Å². The molecule has 0 N–H and O–H groups in total. The van der Waals surface area contributed by atoms with Crippen molar-refractivity contribution in [3.05, 3.63) is 40.8 Å². The minimum absolute atomic E-state index is 0.00849. The largest absolute Gasteiger partial charge is 0.238 e. The number of aryl methyl sites for hydroxylation is 1. The van der Waals surface area contributed by atoms with E-state index in [-0.39, 0.29) is 16.7 Å². The summed E-state index contributed by atoms with van der Waals surface area (Å²) in [5.74, 6) is -0.247. The summed E-state index contributed by atoms with van der Waals surface area (Å²) in [6.07, 6.45) is 1.00. The third-order valence-electron chi connectivity index (χ3n) is 2.55. The molecule has 0 bridgehead atoms. The van der Waals surface area contributed by atoms with Crippen molar-refractivity contribution in [2.24, 2.45) is 0 Å². The van der Waals surface area contributed by atoms with E-state index in [1.165, 1.54) is 0 Å². The van der Waals surface area contributed by atoms with Gasteiger partial charge < -0.3 is 0 Å². The Morgan fingerprint density at radius 3 is 2.37 bits per heavy atom. The summed E-state index contributed by atoms with van der Waals surface area (Å²) in [5.41, 5.74) is 1.83.